The fourth-order valence-electron chi connectivity index (χ4n) is 4.99. The van der Waals surface area contributed by atoms with Gasteiger partial charge < -0.3 is 15.6 Å². The highest BCUT2D eigenvalue weighted by Crippen LogP contribution is 2.34. The van der Waals surface area contributed by atoms with Gasteiger partial charge in [0.25, 0.3) is 5.91 Å². The van der Waals surface area contributed by atoms with Gasteiger partial charge >= 0.3 is 0 Å². The minimum absolute atomic E-state index is 0.0576. The molecular weight excluding hydrogens is 454 g/mol. The molecule has 176 valence electrons. The third-order valence-corrected chi connectivity index (χ3v) is 7.74. The average molecular weight is 482 g/mol. The van der Waals surface area contributed by atoms with E-state index in [1.54, 1.807) is 6.20 Å². The summed E-state index contributed by atoms with van der Waals surface area (Å²) in [5.41, 5.74) is 7.03. The van der Waals surface area contributed by atoms with Crippen LogP contribution in [0.4, 0.5) is 0 Å². The van der Waals surface area contributed by atoms with Gasteiger partial charge in [0.1, 0.15) is 15.2 Å². The number of pyridine rings is 1. The number of H-pyrrole nitrogens is 1. The molecule has 4 heterocycles. The average Bonchev–Trinajstić information content (AvgIpc) is 3.24. The van der Waals surface area contributed by atoms with Crippen molar-refractivity contribution >= 4 is 45.1 Å². The molecule has 5 aromatic rings. The third-order valence-electron chi connectivity index (χ3n) is 6.64. The molecule has 35 heavy (non-hydrogen) atoms. The molecule has 6 rings (SSSR count). The van der Waals surface area contributed by atoms with E-state index in [4.69, 9.17) is 0 Å². The number of nitrogens with zero attached hydrogens (tertiary/aromatic N) is 2. The van der Waals surface area contributed by atoms with Crippen LogP contribution in [0.25, 0.3) is 44.6 Å². The Hall–Kier alpha value is -3.68. The number of benzene rings is 2. The van der Waals surface area contributed by atoms with Crippen LogP contribution in [-0.2, 0) is 0 Å². The van der Waals surface area contributed by atoms with Gasteiger partial charge in [-0.1, -0.05) is 48.5 Å². The van der Waals surface area contributed by atoms with Gasteiger partial charge in [-0.2, -0.15) is 0 Å². The van der Waals surface area contributed by atoms with Crippen molar-refractivity contribution in [1.82, 2.24) is 25.2 Å². The molecule has 0 radical (unpaired) electrons. The van der Waals surface area contributed by atoms with Crippen LogP contribution in [-0.4, -0.2) is 39.6 Å². The van der Waals surface area contributed by atoms with Gasteiger partial charge in [0.05, 0.1) is 16.4 Å². The normalized spacial score (nSPS) is 16.1. The number of thiophene rings is 1. The van der Waals surface area contributed by atoms with Crippen molar-refractivity contribution in [1.29, 1.82) is 0 Å². The number of rotatable bonds is 4. The van der Waals surface area contributed by atoms with E-state index in [2.05, 4.69) is 87.2 Å². The van der Waals surface area contributed by atoms with E-state index in [1.165, 1.54) is 22.5 Å². The number of hydrogen-bond donors (Lipinski definition) is 3. The number of nitrogens with one attached hydrogen (secondary N) is 3. The molecule has 1 aliphatic heterocycles. The van der Waals surface area contributed by atoms with E-state index in [0.29, 0.717) is 10.4 Å². The highest BCUT2D eigenvalue weighted by Gasteiger charge is 2.23. The zero-order chi connectivity index (χ0) is 23.9. The molecule has 2 aromatic carbocycles. The largest absolute Gasteiger partial charge is 0.347 e. The number of carbonyl (C=O) groups excluding carboxylic acids is 1. The first-order chi connectivity index (χ1) is 17.1. The summed E-state index contributed by atoms with van der Waals surface area (Å²) in [5, 5.41) is 7.51. The van der Waals surface area contributed by atoms with Crippen LogP contribution in [0.15, 0.2) is 60.8 Å². The molecular formula is C28H27N5OS. The van der Waals surface area contributed by atoms with E-state index < -0.39 is 0 Å². The van der Waals surface area contributed by atoms with Crippen molar-refractivity contribution < 1.29 is 4.79 Å². The quantitative estimate of drug-likeness (QED) is 0.348. The zero-order valence-electron chi connectivity index (χ0n) is 19.6. The highest BCUT2D eigenvalue weighted by molar-refractivity contribution is 7.21. The Kier molecular flexibility index (Phi) is 5.51. The van der Waals surface area contributed by atoms with Gasteiger partial charge in [0.15, 0.2) is 0 Å². The minimum Gasteiger partial charge on any atom is -0.347 e. The van der Waals surface area contributed by atoms with Crippen LogP contribution in [0.3, 0.4) is 0 Å². The molecule has 1 saturated heterocycles. The maximum absolute atomic E-state index is 13.2. The van der Waals surface area contributed by atoms with Crippen LogP contribution in [0, 0.1) is 6.92 Å². The number of hydrogen-bond acceptors (Lipinski definition) is 4. The van der Waals surface area contributed by atoms with Crippen molar-refractivity contribution in [2.45, 2.75) is 25.8 Å². The molecule has 0 bridgehead atoms. The summed E-state index contributed by atoms with van der Waals surface area (Å²) in [6, 6.07) is 19.1. The number of aromatic nitrogens is 3. The molecule has 0 saturated carbocycles. The smallest absolute Gasteiger partial charge is 0.263 e. The summed E-state index contributed by atoms with van der Waals surface area (Å²) in [5.74, 6) is -0.0576. The predicted molar refractivity (Wildman–Crippen MR) is 144 cm³/mol. The standard InChI is InChI=1S/C28H27N5OS/c1-17-6-3-7-19(14-17)20-8-4-10-22(15-20)33-18(2)31-25-24-23(33)11-13-30-28(24)35-26(25)27(34)32-21-9-5-12-29-16-21/h3-4,6-8,10-11,13-15,21,29,31H,2,5,9,12,16H2,1H3,(H,32,34)/t21-/m1/s1. The molecule has 1 amide bonds. The monoisotopic (exact) mass is 481 g/mol. The Labute approximate surface area is 207 Å². The zero-order valence-corrected chi connectivity index (χ0v) is 20.4. The Bertz CT molecular complexity index is 1620. The van der Waals surface area contributed by atoms with Gasteiger partial charge in [-0.25, -0.2) is 4.98 Å². The Morgan fingerprint density at radius 3 is 2.80 bits per heavy atom. The lowest BCUT2D eigenvalue weighted by molar-refractivity contribution is 0.0936. The van der Waals surface area contributed by atoms with E-state index in [1.807, 2.05) is 6.07 Å². The summed E-state index contributed by atoms with van der Waals surface area (Å²) in [7, 11) is 0. The summed E-state index contributed by atoms with van der Waals surface area (Å²) < 4.78 is 2.11. The predicted octanol–water partition coefficient (Wildman–Crippen LogP) is 4.72. The van der Waals surface area contributed by atoms with Crippen LogP contribution in [0.1, 0.15) is 28.1 Å². The van der Waals surface area contributed by atoms with Gasteiger partial charge in [0, 0.05) is 24.5 Å². The maximum atomic E-state index is 13.2. The molecule has 1 atom stereocenters. The topological polar surface area (TPSA) is 74.7 Å². The number of piperidine rings is 1. The number of amides is 1. The summed E-state index contributed by atoms with van der Waals surface area (Å²) in [6.45, 7) is 8.25. The van der Waals surface area contributed by atoms with Crippen LogP contribution in [0.5, 0.6) is 0 Å². The van der Waals surface area contributed by atoms with Gasteiger partial charge in [-0.15, -0.1) is 11.3 Å². The summed E-state index contributed by atoms with van der Waals surface area (Å²) >= 11 is 1.43. The van der Waals surface area contributed by atoms with Gasteiger partial charge in [-0.3, -0.25) is 9.36 Å². The molecule has 3 N–H and O–H groups in total. The molecule has 7 heteroatoms. The van der Waals surface area contributed by atoms with Gasteiger partial charge in [0.2, 0.25) is 0 Å². The highest BCUT2D eigenvalue weighted by atomic mass is 32.1. The van der Waals surface area contributed by atoms with Gasteiger partial charge in [-0.05, 0) is 55.6 Å². The Morgan fingerprint density at radius 1 is 1.17 bits per heavy atom. The van der Waals surface area contributed by atoms with E-state index in [-0.39, 0.29) is 11.9 Å². The Balaban J connectivity index is 1.47. The van der Waals surface area contributed by atoms with Crippen molar-refractivity contribution in [3.63, 3.8) is 0 Å². The maximum Gasteiger partial charge on any atom is 0.263 e. The summed E-state index contributed by atoms with van der Waals surface area (Å²) in [4.78, 5) is 22.8. The SMILES string of the molecule is C=c1[nH]c2c(C(=O)N[C@@H]3CCCNC3)sc3nccc(c32)n1-c1cccc(-c2cccc(C)c2)c1. The first-order valence-corrected chi connectivity index (χ1v) is 12.8. The molecule has 0 aliphatic carbocycles. The number of aryl methyl sites for hydroxylation is 1. The lowest BCUT2D eigenvalue weighted by Crippen LogP contribution is -2.45. The van der Waals surface area contributed by atoms with E-state index in [0.717, 1.165) is 58.4 Å². The van der Waals surface area contributed by atoms with E-state index in [9.17, 15) is 4.79 Å². The molecule has 0 spiro atoms. The van der Waals surface area contributed by atoms with Crippen molar-refractivity contribution in [2.75, 3.05) is 13.1 Å². The first-order valence-electron chi connectivity index (χ1n) is 11.9. The second-order valence-corrected chi connectivity index (χ2v) is 10.2. The second-order valence-electron chi connectivity index (χ2n) is 9.16. The molecule has 0 unspecified atom stereocenters. The van der Waals surface area contributed by atoms with Crippen LogP contribution < -0.4 is 16.1 Å². The molecule has 3 aromatic heterocycles. The molecule has 6 nitrogen and oxygen atoms in total. The third kappa shape index (κ3) is 3.96. The lowest BCUT2D eigenvalue weighted by atomic mass is 10.0. The van der Waals surface area contributed by atoms with Crippen LogP contribution in [0.2, 0.25) is 0 Å². The first kappa shape index (κ1) is 21.8. The lowest BCUT2D eigenvalue weighted by Gasteiger charge is -2.23. The van der Waals surface area contributed by atoms with E-state index >= 15 is 0 Å². The van der Waals surface area contributed by atoms with Crippen molar-refractivity contribution in [2.24, 2.45) is 0 Å². The number of carbonyl (C=O) groups is 1. The Morgan fingerprint density at radius 2 is 2.00 bits per heavy atom. The fourth-order valence-corrected chi connectivity index (χ4v) is 6.01. The second kappa shape index (κ2) is 8.83. The van der Waals surface area contributed by atoms with Crippen molar-refractivity contribution in [3.05, 3.63) is 76.7 Å². The molecule has 1 aliphatic rings. The van der Waals surface area contributed by atoms with Crippen molar-refractivity contribution in [3.8, 4) is 16.8 Å². The minimum atomic E-state index is -0.0576. The van der Waals surface area contributed by atoms with Crippen LogP contribution >= 0.6 is 11.3 Å². The fraction of sp³-hybridized carbons (Fsp3) is 0.214. The number of aromatic amines is 1. The summed E-state index contributed by atoms with van der Waals surface area (Å²) in [6.07, 6.45) is 3.87. The molecule has 1 fully saturated rings.